The van der Waals surface area contributed by atoms with Crippen LogP contribution >= 0.6 is 11.3 Å². The molecule has 0 unspecified atom stereocenters. The molecule has 1 aliphatic heterocycles. The monoisotopic (exact) mass is 413 g/mol. The molecule has 3 heterocycles. The van der Waals surface area contributed by atoms with Crippen molar-refractivity contribution in [2.45, 2.75) is 46.6 Å². The van der Waals surface area contributed by atoms with Crippen molar-refractivity contribution in [1.29, 1.82) is 0 Å². The molecule has 0 spiro atoms. The smallest absolute Gasteiger partial charge is 0.269 e. The van der Waals surface area contributed by atoms with Gasteiger partial charge in [0, 0.05) is 24.8 Å². The second-order valence-electron chi connectivity index (χ2n) is 9.11. The number of aromatic nitrogens is 1. The van der Waals surface area contributed by atoms with E-state index in [2.05, 4.69) is 66.9 Å². The van der Waals surface area contributed by atoms with Gasteiger partial charge in [-0.2, -0.15) is 4.57 Å². The van der Waals surface area contributed by atoms with E-state index in [0.29, 0.717) is 6.42 Å². The summed E-state index contributed by atoms with van der Waals surface area (Å²) in [6.07, 6.45) is 0.655. The molecule has 0 bridgehead atoms. The number of benzene rings is 2. The molecule has 30 heavy (non-hydrogen) atoms. The summed E-state index contributed by atoms with van der Waals surface area (Å²) in [6.45, 7) is 18.2. The molecule has 0 atom stereocenters. The first kappa shape index (κ1) is 19.1. The lowest BCUT2D eigenvalue weighted by atomic mass is 9.87. The Balaban J connectivity index is 1.98. The number of nitrogens with zero attached hydrogens (tertiary/aromatic N) is 2. The van der Waals surface area contributed by atoms with E-state index in [1.54, 1.807) is 11.3 Å². The van der Waals surface area contributed by atoms with Gasteiger partial charge in [0.1, 0.15) is 12.8 Å². The zero-order valence-electron chi connectivity index (χ0n) is 18.3. The van der Waals surface area contributed by atoms with Crippen molar-refractivity contribution in [1.82, 2.24) is 0 Å². The SMILES string of the molecule is [C-]#[N+]C(C)(C)Cc1c2c([n+](C)c3sccc13)-c1c(C)c(C)cc3cc(C)cc(c13)O2. The molecule has 2 aromatic heterocycles. The summed E-state index contributed by atoms with van der Waals surface area (Å²) in [5.41, 5.74) is 6.82. The summed E-state index contributed by atoms with van der Waals surface area (Å²) in [6, 6.07) is 8.83. The van der Waals surface area contributed by atoms with Gasteiger partial charge in [-0.3, -0.25) is 0 Å². The minimum absolute atomic E-state index is 0.490. The minimum atomic E-state index is -0.490. The standard InChI is InChI=1S/C26H25N2OS/c1-14-10-17-12-15(2)16(3)21-22(17)20(11-14)29-24-19(13-26(4,5)27-6)18-8-9-30-25(18)28(7)23(21)24/h8-12H,13H2,1-5,7H3/q+1. The van der Waals surface area contributed by atoms with Crippen molar-refractivity contribution in [3.05, 3.63) is 63.3 Å². The van der Waals surface area contributed by atoms with Crippen molar-refractivity contribution in [3.8, 4) is 22.8 Å². The van der Waals surface area contributed by atoms with Gasteiger partial charge in [-0.05, 0) is 60.4 Å². The van der Waals surface area contributed by atoms with Crippen molar-refractivity contribution < 1.29 is 9.30 Å². The van der Waals surface area contributed by atoms with Gasteiger partial charge in [-0.25, -0.2) is 6.57 Å². The molecule has 1 aliphatic rings. The number of fused-ring (bicyclic) bond motifs is 3. The van der Waals surface area contributed by atoms with Crippen molar-refractivity contribution in [2.75, 3.05) is 0 Å². The maximum Gasteiger partial charge on any atom is 0.269 e. The summed E-state index contributed by atoms with van der Waals surface area (Å²) >= 11 is 1.75. The van der Waals surface area contributed by atoms with Crippen LogP contribution in [0.4, 0.5) is 0 Å². The maximum absolute atomic E-state index is 7.69. The van der Waals surface area contributed by atoms with E-state index in [-0.39, 0.29) is 0 Å². The van der Waals surface area contributed by atoms with Crippen LogP contribution in [0.15, 0.2) is 29.6 Å². The molecule has 0 saturated heterocycles. The zero-order chi connectivity index (χ0) is 21.4. The molecule has 0 fully saturated rings. The summed E-state index contributed by atoms with van der Waals surface area (Å²) in [4.78, 5) is 5.12. The van der Waals surface area contributed by atoms with Gasteiger partial charge in [-0.15, -0.1) is 0 Å². The summed E-state index contributed by atoms with van der Waals surface area (Å²) in [7, 11) is 2.14. The molecule has 150 valence electrons. The van der Waals surface area contributed by atoms with E-state index in [0.717, 1.165) is 22.8 Å². The molecule has 4 aromatic rings. The molecule has 0 amide bonds. The van der Waals surface area contributed by atoms with E-state index in [1.165, 1.54) is 43.2 Å². The lowest BCUT2D eigenvalue weighted by Crippen LogP contribution is -2.34. The van der Waals surface area contributed by atoms with Gasteiger partial charge in [0.15, 0.2) is 0 Å². The Hall–Kier alpha value is -2.90. The van der Waals surface area contributed by atoms with Crippen LogP contribution in [0.3, 0.4) is 0 Å². The first-order chi connectivity index (χ1) is 14.2. The Morgan fingerprint density at radius 1 is 1.17 bits per heavy atom. The number of rotatable bonds is 2. The number of thiophene rings is 1. The van der Waals surface area contributed by atoms with Gasteiger partial charge >= 0.3 is 0 Å². The van der Waals surface area contributed by atoms with Crippen LogP contribution in [0.25, 0.3) is 37.1 Å². The first-order valence-electron chi connectivity index (χ1n) is 10.3. The van der Waals surface area contributed by atoms with E-state index < -0.39 is 5.54 Å². The summed E-state index contributed by atoms with van der Waals surface area (Å²) in [5, 5.41) is 5.75. The van der Waals surface area contributed by atoms with Gasteiger partial charge in [0.05, 0.1) is 17.4 Å². The minimum Gasteiger partial charge on any atom is -0.449 e. The first-order valence-corrected chi connectivity index (χ1v) is 11.1. The average Bonchev–Trinajstić information content (AvgIpc) is 3.18. The highest BCUT2D eigenvalue weighted by Crippen LogP contribution is 2.51. The number of hydrogen-bond acceptors (Lipinski definition) is 2. The predicted octanol–water partition coefficient (Wildman–Crippen LogP) is 6.82. The molecule has 0 aliphatic carbocycles. The Kier molecular flexibility index (Phi) is 4.01. The number of ether oxygens (including phenoxy) is 1. The summed E-state index contributed by atoms with van der Waals surface area (Å²) in [5.74, 6) is 1.83. The molecular weight excluding hydrogens is 388 g/mol. The van der Waals surface area contributed by atoms with Crippen molar-refractivity contribution in [3.63, 3.8) is 0 Å². The topological polar surface area (TPSA) is 17.5 Å². The Morgan fingerprint density at radius 2 is 1.93 bits per heavy atom. The highest BCUT2D eigenvalue weighted by atomic mass is 32.1. The van der Waals surface area contributed by atoms with Crippen molar-refractivity contribution in [2.24, 2.45) is 7.05 Å². The third-order valence-electron chi connectivity index (χ3n) is 6.33. The second kappa shape index (κ2) is 6.30. The molecule has 4 heteroatoms. The summed E-state index contributed by atoms with van der Waals surface area (Å²) < 4.78 is 8.97. The average molecular weight is 414 g/mol. The van der Waals surface area contributed by atoms with Gasteiger partial charge in [0.2, 0.25) is 11.3 Å². The van der Waals surface area contributed by atoms with Crippen molar-refractivity contribution >= 4 is 32.3 Å². The Bertz CT molecular complexity index is 1420. The third kappa shape index (κ3) is 2.58. The number of aryl methyl sites for hydroxylation is 3. The molecular formula is C26H25N2OS+. The van der Waals surface area contributed by atoms with Gasteiger partial charge in [-0.1, -0.05) is 23.5 Å². The van der Waals surface area contributed by atoms with Crippen LogP contribution in [0.2, 0.25) is 0 Å². The molecule has 0 radical (unpaired) electrons. The fourth-order valence-corrected chi connectivity index (χ4v) is 5.62. The quantitative estimate of drug-likeness (QED) is 0.229. The predicted molar refractivity (Wildman–Crippen MR) is 125 cm³/mol. The number of hydrogen-bond donors (Lipinski definition) is 0. The maximum atomic E-state index is 7.69. The third-order valence-corrected chi connectivity index (χ3v) is 7.31. The Morgan fingerprint density at radius 3 is 2.67 bits per heavy atom. The number of pyridine rings is 1. The van der Waals surface area contributed by atoms with Crippen LogP contribution in [0, 0.1) is 27.3 Å². The highest BCUT2D eigenvalue weighted by molar-refractivity contribution is 7.16. The lowest BCUT2D eigenvalue weighted by Gasteiger charge is -2.25. The van der Waals surface area contributed by atoms with E-state index in [4.69, 9.17) is 11.3 Å². The van der Waals surface area contributed by atoms with Crippen LogP contribution in [-0.4, -0.2) is 5.54 Å². The molecule has 2 aromatic carbocycles. The fourth-order valence-electron chi connectivity index (χ4n) is 4.72. The fraction of sp³-hybridized carbons (Fsp3) is 0.308. The van der Waals surface area contributed by atoms with E-state index in [1.807, 2.05) is 13.8 Å². The zero-order valence-corrected chi connectivity index (χ0v) is 19.1. The molecule has 0 saturated carbocycles. The van der Waals surface area contributed by atoms with Gasteiger partial charge in [0.25, 0.3) is 10.5 Å². The van der Waals surface area contributed by atoms with E-state index in [9.17, 15) is 0 Å². The molecule has 0 N–H and O–H groups in total. The largest absolute Gasteiger partial charge is 0.449 e. The van der Waals surface area contributed by atoms with Crippen LogP contribution in [-0.2, 0) is 13.5 Å². The van der Waals surface area contributed by atoms with E-state index >= 15 is 0 Å². The van der Waals surface area contributed by atoms with Crippen LogP contribution < -0.4 is 9.30 Å². The molecule has 3 nitrogen and oxygen atoms in total. The van der Waals surface area contributed by atoms with Crippen LogP contribution in [0.1, 0.15) is 36.1 Å². The molecule has 5 rings (SSSR count). The Labute approximate surface area is 181 Å². The second-order valence-corrected chi connectivity index (χ2v) is 10.0. The normalized spacial score (nSPS) is 12.7. The lowest BCUT2D eigenvalue weighted by molar-refractivity contribution is -0.631. The highest BCUT2D eigenvalue weighted by Gasteiger charge is 2.38. The van der Waals surface area contributed by atoms with Gasteiger partial charge < -0.3 is 9.58 Å². The van der Waals surface area contributed by atoms with Crippen LogP contribution in [0.5, 0.6) is 11.5 Å².